The summed E-state index contributed by atoms with van der Waals surface area (Å²) in [5.41, 5.74) is -0.210. The van der Waals surface area contributed by atoms with Gasteiger partial charge < -0.3 is 15.3 Å². The second-order valence-corrected chi connectivity index (χ2v) is 14.0. The summed E-state index contributed by atoms with van der Waals surface area (Å²) >= 11 is 0. The van der Waals surface area contributed by atoms with Gasteiger partial charge in [-0.3, -0.25) is 14.4 Å². The second kappa shape index (κ2) is 13.1. The number of carbonyl (C=O) groups is 3. The lowest BCUT2D eigenvalue weighted by Crippen LogP contribution is -2.70. The van der Waals surface area contributed by atoms with Crippen molar-refractivity contribution in [3.05, 3.63) is 75.9 Å². The van der Waals surface area contributed by atoms with Gasteiger partial charge in [0.25, 0.3) is 0 Å². The Morgan fingerprint density at radius 1 is 0.795 bits per heavy atom. The van der Waals surface area contributed by atoms with Gasteiger partial charge in [0, 0.05) is 5.56 Å². The molecule has 0 amide bonds. The molecule has 0 aromatic heterocycles. The van der Waals surface area contributed by atoms with Crippen LogP contribution in [0.2, 0.25) is 0 Å². The van der Waals surface area contributed by atoms with Gasteiger partial charge >= 0.3 is 0 Å². The standard InChI is InChI=1S/C38H50O6/c1-23(2)11-10-18-36(9)28(14-12-24(3)4)22-37(19-16-25(5)6)33(42)31(32(41)27-13-15-29(39)30(40)21-27)34(43)38(36,35(37)44)20-17-26(7)8/h11-13,15-17,21,28,39-41H,10,14,18-20,22H2,1-9H3/b32-31-/t28-,36+,37-,38+/m0/s1. The molecule has 2 bridgehead atoms. The van der Waals surface area contributed by atoms with Gasteiger partial charge in [-0.05, 0) is 123 Å². The third-order valence-electron chi connectivity index (χ3n) is 9.76. The lowest BCUT2D eigenvalue weighted by molar-refractivity contribution is -0.178. The highest BCUT2D eigenvalue weighted by molar-refractivity contribution is 6.41. The van der Waals surface area contributed by atoms with E-state index in [2.05, 4.69) is 12.2 Å². The van der Waals surface area contributed by atoms with E-state index in [1.807, 2.05) is 74.5 Å². The highest BCUT2D eigenvalue weighted by atomic mass is 16.3. The molecule has 3 N–H and O–H groups in total. The summed E-state index contributed by atoms with van der Waals surface area (Å²) in [6.07, 6.45) is 10.4. The van der Waals surface area contributed by atoms with Gasteiger partial charge in [-0.1, -0.05) is 53.5 Å². The molecule has 6 nitrogen and oxygen atoms in total. The molecule has 1 aromatic carbocycles. The summed E-state index contributed by atoms with van der Waals surface area (Å²) in [6, 6.07) is 3.67. The zero-order chi connectivity index (χ0) is 33.2. The lowest BCUT2D eigenvalue weighted by atomic mass is 9.37. The topological polar surface area (TPSA) is 112 Å². The molecule has 3 rings (SSSR count). The molecule has 0 saturated heterocycles. The highest BCUT2D eigenvalue weighted by Gasteiger charge is 2.74. The predicted molar refractivity (Wildman–Crippen MR) is 176 cm³/mol. The van der Waals surface area contributed by atoms with Crippen LogP contribution in [0.15, 0.2) is 70.4 Å². The number of aromatic hydroxyl groups is 2. The molecular weight excluding hydrogens is 552 g/mol. The normalized spacial score (nSPS) is 27.4. The Balaban J connectivity index is 2.51. The number of hydrogen-bond acceptors (Lipinski definition) is 6. The first-order valence-electron chi connectivity index (χ1n) is 15.6. The predicted octanol–water partition coefficient (Wildman–Crippen LogP) is 8.90. The van der Waals surface area contributed by atoms with Gasteiger partial charge in [-0.2, -0.15) is 0 Å². The van der Waals surface area contributed by atoms with E-state index in [0.29, 0.717) is 19.3 Å². The van der Waals surface area contributed by atoms with E-state index < -0.39 is 50.6 Å². The number of phenols is 2. The highest BCUT2D eigenvalue weighted by Crippen LogP contribution is 2.67. The van der Waals surface area contributed by atoms with Crippen LogP contribution >= 0.6 is 0 Å². The molecule has 0 heterocycles. The van der Waals surface area contributed by atoms with Crippen molar-refractivity contribution >= 4 is 23.1 Å². The Hall–Kier alpha value is -3.67. The number of phenolic OH excluding ortho intramolecular Hbond substituents is 2. The van der Waals surface area contributed by atoms with Crippen LogP contribution in [0.3, 0.4) is 0 Å². The molecule has 0 unspecified atom stereocenters. The van der Waals surface area contributed by atoms with Crippen LogP contribution in [0.1, 0.15) is 106 Å². The summed E-state index contributed by atoms with van der Waals surface area (Å²) in [5.74, 6) is -3.32. The number of rotatable bonds is 10. The van der Waals surface area contributed by atoms with Crippen molar-refractivity contribution in [2.24, 2.45) is 22.2 Å². The Labute approximate surface area is 263 Å². The van der Waals surface area contributed by atoms with Crippen LogP contribution in [0, 0.1) is 22.2 Å². The third-order valence-corrected chi connectivity index (χ3v) is 9.76. The molecular formula is C38H50O6. The van der Waals surface area contributed by atoms with Crippen molar-refractivity contribution in [1.29, 1.82) is 0 Å². The first-order chi connectivity index (χ1) is 20.4. The number of hydrogen-bond donors (Lipinski definition) is 3. The molecule has 1 aromatic rings. The zero-order valence-corrected chi connectivity index (χ0v) is 27.9. The van der Waals surface area contributed by atoms with Crippen LogP contribution in [-0.2, 0) is 14.4 Å². The van der Waals surface area contributed by atoms with Crippen molar-refractivity contribution in [3.63, 3.8) is 0 Å². The average molecular weight is 603 g/mol. The molecule has 2 aliphatic carbocycles. The number of aliphatic hydroxyl groups excluding tert-OH is 1. The van der Waals surface area contributed by atoms with Crippen LogP contribution < -0.4 is 0 Å². The van der Waals surface area contributed by atoms with Gasteiger partial charge in [0.1, 0.15) is 16.7 Å². The smallest absolute Gasteiger partial charge is 0.184 e. The van der Waals surface area contributed by atoms with Gasteiger partial charge in [-0.25, -0.2) is 0 Å². The number of ketones is 3. The largest absolute Gasteiger partial charge is 0.506 e. The van der Waals surface area contributed by atoms with E-state index in [1.54, 1.807) is 0 Å². The van der Waals surface area contributed by atoms with Gasteiger partial charge in [0.15, 0.2) is 28.8 Å². The van der Waals surface area contributed by atoms with E-state index in [4.69, 9.17) is 0 Å². The number of benzene rings is 1. The molecule has 6 heteroatoms. The number of Topliss-reactive ketones (excluding diaryl/α,β-unsaturated/α-hetero) is 3. The maximum absolute atomic E-state index is 15.2. The maximum Gasteiger partial charge on any atom is 0.184 e. The van der Waals surface area contributed by atoms with E-state index in [9.17, 15) is 20.1 Å². The zero-order valence-electron chi connectivity index (χ0n) is 27.9. The Kier molecular flexibility index (Phi) is 10.4. The number of aliphatic hydroxyl groups is 1. The minimum atomic E-state index is -1.61. The second-order valence-electron chi connectivity index (χ2n) is 14.0. The van der Waals surface area contributed by atoms with E-state index in [-0.39, 0.29) is 36.5 Å². The van der Waals surface area contributed by atoms with Crippen molar-refractivity contribution in [3.8, 4) is 11.5 Å². The molecule has 238 valence electrons. The lowest BCUT2D eigenvalue weighted by Gasteiger charge is -2.61. The monoisotopic (exact) mass is 602 g/mol. The van der Waals surface area contributed by atoms with Crippen molar-refractivity contribution in [2.75, 3.05) is 0 Å². The van der Waals surface area contributed by atoms with E-state index in [0.717, 1.165) is 28.4 Å². The van der Waals surface area contributed by atoms with Crippen molar-refractivity contribution in [2.45, 2.75) is 101 Å². The fourth-order valence-corrected chi connectivity index (χ4v) is 7.12. The number of allylic oxidation sites excluding steroid dienone is 9. The quantitative estimate of drug-likeness (QED) is 0.0616. The Morgan fingerprint density at radius 2 is 1.36 bits per heavy atom. The van der Waals surface area contributed by atoms with Crippen LogP contribution in [0.5, 0.6) is 11.5 Å². The summed E-state index contributed by atoms with van der Waals surface area (Å²) in [6.45, 7) is 17.8. The molecule has 0 aliphatic heterocycles. The molecule has 4 atom stereocenters. The molecule has 44 heavy (non-hydrogen) atoms. The van der Waals surface area contributed by atoms with Gasteiger partial charge in [-0.15, -0.1) is 0 Å². The minimum Gasteiger partial charge on any atom is -0.506 e. The van der Waals surface area contributed by atoms with Gasteiger partial charge in [0.05, 0.1) is 5.41 Å². The maximum atomic E-state index is 15.2. The molecule has 0 radical (unpaired) electrons. The van der Waals surface area contributed by atoms with Gasteiger partial charge in [0.2, 0.25) is 0 Å². The summed E-state index contributed by atoms with van der Waals surface area (Å²) in [7, 11) is 0. The first kappa shape index (κ1) is 34.8. The molecule has 2 saturated carbocycles. The van der Waals surface area contributed by atoms with Crippen LogP contribution in [0.25, 0.3) is 5.76 Å². The molecule has 0 spiro atoms. The summed E-state index contributed by atoms with van der Waals surface area (Å²) in [4.78, 5) is 45.0. The molecule has 2 fully saturated rings. The minimum absolute atomic E-state index is 0.0199. The van der Waals surface area contributed by atoms with Crippen molar-refractivity contribution < 1.29 is 29.7 Å². The summed E-state index contributed by atoms with van der Waals surface area (Å²) in [5, 5.41) is 31.8. The first-order valence-corrected chi connectivity index (χ1v) is 15.6. The van der Waals surface area contributed by atoms with Crippen LogP contribution in [0.4, 0.5) is 0 Å². The average Bonchev–Trinajstić information content (AvgIpc) is 2.92. The fourth-order valence-electron chi connectivity index (χ4n) is 7.12. The van der Waals surface area contributed by atoms with E-state index in [1.165, 1.54) is 12.1 Å². The third kappa shape index (κ3) is 6.13. The summed E-state index contributed by atoms with van der Waals surface area (Å²) < 4.78 is 0. The fraction of sp³-hybridized carbons (Fsp3) is 0.500. The van der Waals surface area contributed by atoms with E-state index >= 15 is 9.59 Å². The van der Waals surface area contributed by atoms with Crippen molar-refractivity contribution in [1.82, 2.24) is 0 Å². The van der Waals surface area contributed by atoms with Crippen LogP contribution in [-0.4, -0.2) is 32.7 Å². The SMILES string of the molecule is CC(C)=CCC[C@]1(C)[C@@H](CC=C(C)C)C[C@@]2(CC=C(C)C)C(=O)/C(=C(/O)c3ccc(O)c(O)c3)C(=O)[C@]1(CC=C(C)C)C2=O. The Bertz CT molecular complexity index is 1480. The number of fused-ring (bicyclic) bond motifs is 2. The molecule has 2 aliphatic rings. The number of carbonyl (C=O) groups excluding carboxylic acids is 3. The Morgan fingerprint density at radius 3 is 1.91 bits per heavy atom.